The van der Waals surface area contributed by atoms with Crippen LogP contribution in [0.3, 0.4) is 0 Å². The first-order valence-electron chi connectivity index (χ1n) is 23.6. The van der Waals surface area contributed by atoms with E-state index in [4.69, 9.17) is 0 Å². The Labute approximate surface area is 372 Å². The van der Waals surface area contributed by atoms with Gasteiger partial charge in [0.2, 0.25) is 0 Å². The lowest BCUT2D eigenvalue weighted by atomic mass is 9.33. The Morgan fingerprint density at radius 2 is 1.26 bits per heavy atom. The van der Waals surface area contributed by atoms with E-state index in [2.05, 4.69) is 179 Å². The van der Waals surface area contributed by atoms with Crippen LogP contribution in [0.25, 0.3) is 20.2 Å². The molecule has 4 atom stereocenters. The summed E-state index contributed by atoms with van der Waals surface area (Å²) in [6.45, 7) is 19.9. The summed E-state index contributed by atoms with van der Waals surface area (Å²) < 4.78 is 2.71. The topological polar surface area (TPSA) is 9.72 Å². The van der Waals surface area contributed by atoms with Crippen molar-refractivity contribution in [3.8, 4) is 0 Å². The van der Waals surface area contributed by atoms with Gasteiger partial charge in [-0.1, -0.05) is 127 Å². The van der Waals surface area contributed by atoms with E-state index in [9.17, 15) is 0 Å². The van der Waals surface area contributed by atoms with Gasteiger partial charge in [0.15, 0.2) is 0 Å². The number of para-hydroxylation sites is 1. The third-order valence-electron chi connectivity index (χ3n) is 17.9. The van der Waals surface area contributed by atoms with Gasteiger partial charge in [0.05, 0.1) is 21.5 Å². The van der Waals surface area contributed by atoms with Crippen molar-refractivity contribution in [3.05, 3.63) is 131 Å². The maximum atomic E-state index is 2.87. The molecule has 6 aromatic carbocycles. The van der Waals surface area contributed by atoms with E-state index >= 15 is 0 Å². The predicted molar refractivity (Wildman–Crippen MR) is 268 cm³/mol. The summed E-state index contributed by atoms with van der Waals surface area (Å²) in [7, 11) is 0. The molecule has 310 valence electrons. The molecule has 4 aliphatic heterocycles. The van der Waals surface area contributed by atoms with E-state index in [-0.39, 0.29) is 34.0 Å². The van der Waals surface area contributed by atoms with E-state index in [1.165, 1.54) is 144 Å². The zero-order valence-electron chi connectivity index (χ0n) is 37.9. The third kappa shape index (κ3) is 4.44. The first-order chi connectivity index (χ1) is 29.8. The molecule has 0 spiro atoms. The van der Waals surface area contributed by atoms with E-state index in [1.54, 1.807) is 5.56 Å². The number of benzene rings is 6. The molecule has 2 fully saturated rings. The third-order valence-corrected chi connectivity index (χ3v) is 19.1. The van der Waals surface area contributed by atoms with Crippen molar-refractivity contribution in [1.29, 1.82) is 0 Å². The molecule has 13 rings (SSSR count). The fourth-order valence-electron chi connectivity index (χ4n) is 14.3. The molecular weight excluding hydrogens is 770 g/mol. The maximum absolute atomic E-state index is 2.87. The lowest BCUT2D eigenvalue weighted by Crippen LogP contribution is -2.64. The Kier molecular flexibility index (Phi) is 7.37. The van der Waals surface area contributed by atoms with E-state index in [1.807, 2.05) is 11.3 Å². The summed E-state index contributed by atoms with van der Waals surface area (Å²) >= 11 is 1.95. The van der Waals surface area contributed by atoms with Gasteiger partial charge in [0.25, 0.3) is 6.71 Å². The molecule has 0 amide bonds. The van der Waals surface area contributed by atoms with Gasteiger partial charge in [-0.15, -0.1) is 11.3 Å². The fraction of sp³-hybridized carbons (Fsp3) is 0.368. The number of hydrogen-bond donors (Lipinski definition) is 0. The van der Waals surface area contributed by atoms with E-state index < -0.39 is 0 Å². The van der Waals surface area contributed by atoms with Gasteiger partial charge in [-0.25, -0.2) is 0 Å². The van der Waals surface area contributed by atoms with Gasteiger partial charge in [-0.2, -0.15) is 0 Å². The first kappa shape index (κ1) is 37.5. The van der Waals surface area contributed by atoms with Gasteiger partial charge in [-0.05, 0) is 133 Å². The van der Waals surface area contributed by atoms with Crippen LogP contribution in [0.5, 0.6) is 0 Å². The van der Waals surface area contributed by atoms with E-state index in [0.29, 0.717) is 0 Å². The SMILES string of the molecule is Cc1cc2c3c(c1)N1c4c(cccc4C4(C)CCCCC14C)B3c1ccc(N3c4ccc(C(C)(C)C)cc4C4(C)CCCCC34C)cc1N2c1cccc2c1sc1ccccc12. The van der Waals surface area contributed by atoms with Gasteiger partial charge in [-0.3, -0.25) is 0 Å². The smallest absolute Gasteiger partial charge is 0.252 e. The summed E-state index contributed by atoms with van der Waals surface area (Å²) in [5, 5.41) is 2.69. The average Bonchev–Trinajstić information content (AvgIpc) is 3.81. The molecule has 6 aliphatic rings. The minimum absolute atomic E-state index is 0.00870. The lowest BCUT2D eigenvalue weighted by molar-refractivity contribution is 0.195. The van der Waals surface area contributed by atoms with Crippen LogP contribution in [0.1, 0.15) is 122 Å². The van der Waals surface area contributed by atoms with Crippen LogP contribution in [0.4, 0.5) is 39.8 Å². The summed E-state index contributed by atoms with van der Waals surface area (Å²) in [6, 6.07) is 43.7. The number of hydrogen-bond acceptors (Lipinski definition) is 4. The number of anilines is 7. The largest absolute Gasteiger partial charge is 0.335 e. The molecule has 7 aromatic rings. The minimum atomic E-state index is -0.0439. The molecule has 5 heterocycles. The monoisotopic (exact) mass is 827 g/mol. The molecule has 3 nitrogen and oxygen atoms in total. The van der Waals surface area contributed by atoms with Crippen LogP contribution < -0.4 is 31.1 Å². The van der Waals surface area contributed by atoms with Crippen LogP contribution >= 0.6 is 11.3 Å². The first-order valence-corrected chi connectivity index (χ1v) is 24.5. The molecule has 0 N–H and O–H groups in total. The molecule has 2 saturated carbocycles. The second-order valence-electron chi connectivity index (χ2n) is 22.0. The molecule has 4 unspecified atom stereocenters. The normalized spacial score (nSPS) is 26.6. The molecule has 1 aromatic heterocycles. The van der Waals surface area contributed by atoms with E-state index in [0.717, 1.165) is 0 Å². The van der Waals surface area contributed by atoms with Crippen molar-refractivity contribution in [1.82, 2.24) is 0 Å². The zero-order valence-corrected chi connectivity index (χ0v) is 38.7. The minimum Gasteiger partial charge on any atom is -0.335 e. The number of rotatable bonds is 2. The van der Waals surface area contributed by atoms with Crippen molar-refractivity contribution < 1.29 is 0 Å². The Morgan fingerprint density at radius 3 is 2.05 bits per heavy atom. The van der Waals surface area contributed by atoms with Crippen LogP contribution in [-0.4, -0.2) is 17.8 Å². The van der Waals surface area contributed by atoms with Gasteiger partial charge in [0.1, 0.15) is 0 Å². The Morgan fingerprint density at radius 1 is 0.565 bits per heavy atom. The van der Waals surface area contributed by atoms with Crippen molar-refractivity contribution in [2.45, 2.75) is 134 Å². The number of thiophene rings is 1. The number of aryl methyl sites for hydroxylation is 1. The summed E-state index contributed by atoms with van der Waals surface area (Å²) in [5.41, 5.74) is 20.0. The number of nitrogens with zero attached hydrogens (tertiary/aromatic N) is 3. The van der Waals surface area contributed by atoms with Crippen molar-refractivity contribution >= 4 is 94.4 Å². The Bertz CT molecular complexity index is 3100. The highest BCUT2D eigenvalue weighted by Crippen LogP contribution is 2.64. The summed E-state index contributed by atoms with van der Waals surface area (Å²) in [6.07, 6.45) is 9.98. The van der Waals surface area contributed by atoms with Crippen LogP contribution in [0, 0.1) is 6.92 Å². The maximum Gasteiger partial charge on any atom is 0.252 e. The summed E-state index contributed by atoms with van der Waals surface area (Å²) in [5.74, 6) is 0. The highest BCUT2D eigenvalue weighted by Gasteiger charge is 2.62. The average molecular weight is 828 g/mol. The molecule has 0 radical (unpaired) electrons. The lowest BCUT2D eigenvalue weighted by Gasteiger charge is -2.53. The molecular formula is C57H58BN3S. The predicted octanol–water partition coefficient (Wildman–Crippen LogP) is 13.8. The zero-order chi connectivity index (χ0) is 42.3. The highest BCUT2D eigenvalue weighted by atomic mass is 32.1. The second-order valence-corrected chi connectivity index (χ2v) is 23.1. The van der Waals surface area contributed by atoms with Crippen molar-refractivity contribution in [2.24, 2.45) is 0 Å². The summed E-state index contributed by atoms with van der Waals surface area (Å²) in [4.78, 5) is 8.39. The van der Waals surface area contributed by atoms with Crippen molar-refractivity contribution in [3.63, 3.8) is 0 Å². The Hall–Kier alpha value is -5.00. The molecule has 5 heteroatoms. The van der Waals surface area contributed by atoms with Gasteiger partial charge in [0, 0.05) is 60.4 Å². The molecule has 0 bridgehead atoms. The molecule has 2 aliphatic carbocycles. The quantitative estimate of drug-likeness (QED) is 0.161. The fourth-order valence-corrected chi connectivity index (χ4v) is 15.5. The van der Waals surface area contributed by atoms with Gasteiger partial charge >= 0.3 is 0 Å². The van der Waals surface area contributed by atoms with Crippen LogP contribution in [0.2, 0.25) is 0 Å². The van der Waals surface area contributed by atoms with Gasteiger partial charge < -0.3 is 14.7 Å². The van der Waals surface area contributed by atoms with Crippen molar-refractivity contribution in [2.75, 3.05) is 14.7 Å². The van der Waals surface area contributed by atoms with Crippen LogP contribution in [0.15, 0.2) is 109 Å². The Balaban J connectivity index is 1.11. The number of fused-ring (bicyclic) bond motifs is 13. The molecule has 0 saturated heterocycles. The van der Waals surface area contributed by atoms with Crippen LogP contribution in [-0.2, 0) is 16.2 Å². The molecule has 62 heavy (non-hydrogen) atoms. The second kappa shape index (κ2) is 12.2. The standard InChI is InChI=1S/C57H58BN3S/c1-35-31-47-50-48(32-35)61-51-40(54(5)27-11-14-30-57(54,61)8)19-16-20-43(51)58(50)42-25-24-37(34-46(42)59(47)45-21-15-18-39-38-17-9-10-22-49(38)62-52(39)45)60-44-26-23-36(53(2,3)4)33-41(44)55(6)28-12-13-29-56(55,60)7/h9-10,15-26,31-34H,11-14,27-30H2,1-8H3. The highest BCUT2D eigenvalue weighted by molar-refractivity contribution is 7.26.